The fraction of sp³-hybridized carbons (Fsp3) is 0.684. The largest absolute Gasteiger partial charge is 0.290 e. The van der Waals surface area contributed by atoms with Crippen LogP contribution in [0.25, 0.3) is 0 Å². The molecule has 1 atom stereocenters. The summed E-state index contributed by atoms with van der Waals surface area (Å²) in [6.07, 6.45) is 2.70. The number of nitrogens with zero attached hydrogens (tertiary/aromatic N) is 1. The standard InChI is InChI=1S/C19H31NSi/c1-18(2,3)21(5,6)14-15-9-7-10-17-16(15)13-20-12-8-11-19(17,20)4/h7,9-10H,8,11-14H2,1-6H3. The van der Waals surface area contributed by atoms with E-state index in [0.717, 1.165) is 0 Å². The van der Waals surface area contributed by atoms with Crippen LogP contribution >= 0.6 is 0 Å². The summed E-state index contributed by atoms with van der Waals surface area (Å²) in [6, 6.07) is 8.44. The Bertz CT molecular complexity index is 555. The van der Waals surface area contributed by atoms with Crippen LogP contribution in [0.5, 0.6) is 0 Å². The van der Waals surface area contributed by atoms with E-state index in [-0.39, 0.29) is 0 Å². The van der Waals surface area contributed by atoms with E-state index in [0.29, 0.717) is 10.6 Å². The monoisotopic (exact) mass is 301 g/mol. The SMILES string of the molecule is CC12CCCN1Cc1c(C[Si](C)(C)C(C)(C)C)cccc12. The molecular weight excluding hydrogens is 270 g/mol. The second-order valence-corrected chi connectivity index (χ2v) is 14.7. The van der Waals surface area contributed by atoms with Gasteiger partial charge in [0.25, 0.3) is 0 Å². The Kier molecular flexibility index (Phi) is 3.42. The summed E-state index contributed by atoms with van der Waals surface area (Å²) < 4.78 is 0. The van der Waals surface area contributed by atoms with E-state index in [1.54, 1.807) is 16.7 Å². The maximum Gasteiger partial charge on any atom is 0.0571 e. The van der Waals surface area contributed by atoms with Crippen molar-refractivity contribution in [3.05, 3.63) is 34.9 Å². The molecule has 2 aliphatic rings. The van der Waals surface area contributed by atoms with Gasteiger partial charge >= 0.3 is 0 Å². The Balaban J connectivity index is 1.98. The third-order valence-electron chi connectivity index (χ3n) is 6.65. The van der Waals surface area contributed by atoms with E-state index >= 15 is 0 Å². The lowest BCUT2D eigenvalue weighted by Gasteiger charge is -2.37. The Morgan fingerprint density at radius 1 is 1.24 bits per heavy atom. The van der Waals surface area contributed by atoms with Crippen molar-refractivity contribution in [1.29, 1.82) is 0 Å². The Hall–Kier alpha value is -0.603. The first kappa shape index (κ1) is 15.3. The van der Waals surface area contributed by atoms with Gasteiger partial charge in [0.05, 0.1) is 8.07 Å². The molecule has 0 amide bonds. The summed E-state index contributed by atoms with van der Waals surface area (Å²) in [7, 11) is -1.27. The Morgan fingerprint density at radius 2 is 1.95 bits per heavy atom. The second-order valence-electron chi connectivity index (χ2n) is 9.05. The molecule has 0 spiro atoms. The van der Waals surface area contributed by atoms with Gasteiger partial charge in [-0.25, -0.2) is 0 Å². The van der Waals surface area contributed by atoms with Gasteiger partial charge in [-0.3, -0.25) is 4.90 Å². The van der Waals surface area contributed by atoms with E-state index in [2.05, 4.69) is 63.9 Å². The smallest absolute Gasteiger partial charge is 0.0571 e. The van der Waals surface area contributed by atoms with E-state index in [9.17, 15) is 0 Å². The molecule has 21 heavy (non-hydrogen) atoms. The van der Waals surface area contributed by atoms with Crippen LogP contribution in [0.1, 0.15) is 57.2 Å². The quantitative estimate of drug-likeness (QED) is 0.687. The van der Waals surface area contributed by atoms with Crippen molar-refractivity contribution in [2.24, 2.45) is 0 Å². The van der Waals surface area contributed by atoms with Crippen LogP contribution in [0.15, 0.2) is 18.2 Å². The average molecular weight is 302 g/mol. The summed E-state index contributed by atoms with van der Waals surface area (Å²) in [6.45, 7) is 17.4. The van der Waals surface area contributed by atoms with Crippen molar-refractivity contribution in [3.63, 3.8) is 0 Å². The Morgan fingerprint density at radius 3 is 2.62 bits per heavy atom. The Labute approximate surface area is 131 Å². The van der Waals surface area contributed by atoms with Crippen LogP contribution in [-0.4, -0.2) is 19.5 Å². The van der Waals surface area contributed by atoms with Gasteiger partial charge in [0, 0.05) is 12.1 Å². The van der Waals surface area contributed by atoms with Gasteiger partial charge in [0.2, 0.25) is 0 Å². The van der Waals surface area contributed by atoms with Crippen molar-refractivity contribution < 1.29 is 0 Å². The summed E-state index contributed by atoms with van der Waals surface area (Å²) in [4.78, 5) is 2.72. The third kappa shape index (κ3) is 2.31. The zero-order valence-electron chi connectivity index (χ0n) is 14.7. The first-order chi connectivity index (χ1) is 9.65. The topological polar surface area (TPSA) is 3.24 Å². The van der Waals surface area contributed by atoms with Crippen LogP contribution in [0.4, 0.5) is 0 Å². The zero-order chi connectivity index (χ0) is 15.5. The summed E-state index contributed by atoms with van der Waals surface area (Å²) in [5, 5.41) is 0.467. The number of hydrogen-bond donors (Lipinski definition) is 0. The summed E-state index contributed by atoms with van der Waals surface area (Å²) in [5.74, 6) is 0. The minimum Gasteiger partial charge on any atom is -0.290 e. The van der Waals surface area contributed by atoms with Gasteiger partial charge in [-0.1, -0.05) is 52.1 Å². The molecule has 0 aliphatic carbocycles. The van der Waals surface area contributed by atoms with Crippen LogP contribution in [0.2, 0.25) is 18.1 Å². The van der Waals surface area contributed by atoms with Gasteiger partial charge in [-0.2, -0.15) is 0 Å². The molecule has 1 fully saturated rings. The van der Waals surface area contributed by atoms with E-state index < -0.39 is 8.07 Å². The van der Waals surface area contributed by atoms with Gasteiger partial charge in [-0.15, -0.1) is 0 Å². The lowest BCUT2D eigenvalue weighted by atomic mass is 9.88. The molecule has 1 aromatic rings. The molecule has 3 rings (SSSR count). The molecule has 0 bridgehead atoms. The predicted molar refractivity (Wildman–Crippen MR) is 94.3 cm³/mol. The lowest BCUT2D eigenvalue weighted by molar-refractivity contribution is 0.178. The maximum atomic E-state index is 2.72. The zero-order valence-corrected chi connectivity index (χ0v) is 15.7. The van der Waals surface area contributed by atoms with Crippen LogP contribution in [0, 0.1) is 0 Å². The third-order valence-corrected chi connectivity index (χ3v) is 12.0. The summed E-state index contributed by atoms with van der Waals surface area (Å²) >= 11 is 0. The lowest BCUT2D eigenvalue weighted by Crippen LogP contribution is -2.40. The van der Waals surface area contributed by atoms with Crippen LogP contribution in [-0.2, 0) is 18.1 Å². The van der Waals surface area contributed by atoms with Crippen molar-refractivity contribution in [1.82, 2.24) is 4.90 Å². The molecule has 2 heterocycles. The minimum absolute atomic E-state index is 0.332. The summed E-state index contributed by atoms with van der Waals surface area (Å²) in [5.41, 5.74) is 5.29. The van der Waals surface area contributed by atoms with Crippen LogP contribution < -0.4 is 0 Å². The number of benzene rings is 1. The van der Waals surface area contributed by atoms with Crippen molar-refractivity contribution in [2.45, 2.75) is 76.8 Å². The highest BCUT2D eigenvalue weighted by atomic mass is 28.3. The van der Waals surface area contributed by atoms with E-state index in [4.69, 9.17) is 0 Å². The molecule has 0 saturated carbocycles. The molecule has 1 nitrogen and oxygen atoms in total. The maximum absolute atomic E-state index is 2.72. The first-order valence-electron chi connectivity index (χ1n) is 8.51. The number of rotatable bonds is 2. The minimum atomic E-state index is -1.27. The molecule has 2 aliphatic heterocycles. The van der Waals surface area contributed by atoms with Crippen molar-refractivity contribution in [3.8, 4) is 0 Å². The predicted octanol–water partition coefficient (Wildman–Crippen LogP) is 5.10. The molecule has 1 unspecified atom stereocenters. The fourth-order valence-corrected chi connectivity index (χ4v) is 5.82. The van der Waals surface area contributed by atoms with E-state index in [1.807, 2.05) is 0 Å². The molecule has 116 valence electrons. The molecule has 1 aromatic carbocycles. The number of fused-ring (bicyclic) bond motifs is 3. The van der Waals surface area contributed by atoms with E-state index in [1.165, 1.54) is 32.0 Å². The molecule has 2 heteroatoms. The van der Waals surface area contributed by atoms with Gasteiger partial charge in [-0.05, 0) is 54.1 Å². The molecule has 0 radical (unpaired) electrons. The molecule has 1 saturated heterocycles. The average Bonchev–Trinajstić information content (AvgIpc) is 2.83. The van der Waals surface area contributed by atoms with Crippen LogP contribution in [0.3, 0.4) is 0 Å². The highest BCUT2D eigenvalue weighted by Crippen LogP contribution is 2.48. The highest BCUT2D eigenvalue weighted by Gasteiger charge is 2.45. The van der Waals surface area contributed by atoms with Gasteiger partial charge in [0.1, 0.15) is 0 Å². The normalized spacial score (nSPS) is 26.0. The van der Waals surface area contributed by atoms with Crippen molar-refractivity contribution in [2.75, 3.05) is 6.54 Å². The highest BCUT2D eigenvalue weighted by molar-refractivity contribution is 6.79. The first-order valence-corrected chi connectivity index (χ1v) is 11.7. The molecule has 0 aromatic heterocycles. The second kappa shape index (κ2) is 4.69. The molecule has 0 N–H and O–H groups in total. The fourth-order valence-electron chi connectivity index (χ4n) is 4.00. The molecular formula is C19H31NSi. The van der Waals surface area contributed by atoms with Gasteiger partial charge in [0.15, 0.2) is 0 Å². The van der Waals surface area contributed by atoms with Crippen molar-refractivity contribution >= 4 is 8.07 Å². The van der Waals surface area contributed by atoms with Gasteiger partial charge < -0.3 is 0 Å². The number of hydrogen-bond acceptors (Lipinski definition) is 1.